The highest BCUT2D eigenvalue weighted by molar-refractivity contribution is 6.31. The van der Waals surface area contributed by atoms with E-state index >= 15 is 0 Å². The van der Waals surface area contributed by atoms with Crippen molar-refractivity contribution in [2.45, 2.75) is 50.6 Å². The zero-order valence-electron chi connectivity index (χ0n) is 18.4. The van der Waals surface area contributed by atoms with E-state index in [1.165, 1.54) is 6.07 Å². The van der Waals surface area contributed by atoms with Gasteiger partial charge < -0.3 is 21.1 Å². The van der Waals surface area contributed by atoms with Gasteiger partial charge in [-0.1, -0.05) is 17.7 Å². The highest BCUT2D eigenvalue weighted by Crippen LogP contribution is 2.37. The summed E-state index contributed by atoms with van der Waals surface area (Å²) in [5.74, 6) is 1.15. The predicted molar refractivity (Wildman–Crippen MR) is 128 cm³/mol. The molecule has 0 bridgehead atoms. The maximum Gasteiger partial charge on any atom is 0.224 e. The zero-order chi connectivity index (χ0) is 22.8. The van der Waals surface area contributed by atoms with Gasteiger partial charge in [0.15, 0.2) is 11.5 Å². The first kappa shape index (κ1) is 22.3. The minimum Gasteiger partial charge on any atom is -0.381 e. The Hall–Kier alpha value is -2.49. The van der Waals surface area contributed by atoms with Crippen LogP contribution >= 0.6 is 11.6 Å². The number of benzene rings is 1. The van der Waals surface area contributed by atoms with Crippen molar-refractivity contribution < 1.29 is 9.13 Å². The van der Waals surface area contributed by atoms with Gasteiger partial charge in [0.05, 0.1) is 16.9 Å². The molecule has 2 aliphatic rings. The number of nitrogens with zero attached hydrogens (tertiary/aromatic N) is 4. The van der Waals surface area contributed by atoms with Gasteiger partial charge in [0, 0.05) is 25.3 Å². The molecule has 10 heteroatoms. The van der Waals surface area contributed by atoms with Crippen molar-refractivity contribution >= 4 is 40.3 Å². The second-order valence-electron chi connectivity index (χ2n) is 8.88. The standard InChI is InChI=1S/C23H29ClFN7O/c24-17-2-1-3-18(20(17)25)29-23-30-19-13-27-22(28-15-8-10-33-11-9-15)31-21(19)32(23)16-6-4-14(12-26)5-7-16/h1-3,13-16H,4-12,26H2,(H,29,30)(H,27,28,31)/t14-,16+. The van der Waals surface area contributed by atoms with Crippen molar-refractivity contribution in [3.05, 3.63) is 35.2 Å². The van der Waals surface area contributed by atoms with E-state index in [-0.39, 0.29) is 22.8 Å². The lowest BCUT2D eigenvalue weighted by Gasteiger charge is -2.30. The van der Waals surface area contributed by atoms with Crippen LogP contribution in [0, 0.1) is 11.7 Å². The van der Waals surface area contributed by atoms with Crippen molar-refractivity contribution in [2.24, 2.45) is 11.7 Å². The molecule has 176 valence electrons. The molecule has 0 unspecified atom stereocenters. The van der Waals surface area contributed by atoms with E-state index in [0.29, 0.717) is 29.9 Å². The van der Waals surface area contributed by atoms with Crippen LogP contribution < -0.4 is 16.4 Å². The molecule has 4 N–H and O–H groups in total. The van der Waals surface area contributed by atoms with Crippen LogP contribution in [-0.2, 0) is 4.74 Å². The minimum atomic E-state index is -0.502. The number of anilines is 3. The summed E-state index contributed by atoms with van der Waals surface area (Å²) in [6.45, 7) is 2.18. The summed E-state index contributed by atoms with van der Waals surface area (Å²) in [6.07, 6.45) is 7.59. The lowest BCUT2D eigenvalue weighted by molar-refractivity contribution is 0.0903. The van der Waals surface area contributed by atoms with Gasteiger partial charge in [-0.3, -0.25) is 4.57 Å². The Balaban J connectivity index is 1.51. The molecule has 5 rings (SSSR count). The van der Waals surface area contributed by atoms with Crippen LogP contribution in [0.15, 0.2) is 24.4 Å². The molecule has 0 amide bonds. The molecular weight excluding hydrogens is 445 g/mol. The summed E-state index contributed by atoms with van der Waals surface area (Å²) in [5.41, 5.74) is 7.59. The lowest BCUT2D eigenvalue weighted by atomic mass is 9.86. The molecule has 1 aliphatic heterocycles. The first-order valence-corrected chi connectivity index (χ1v) is 12.0. The van der Waals surface area contributed by atoms with E-state index in [0.717, 1.165) is 57.4 Å². The molecule has 3 aromatic rings. The van der Waals surface area contributed by atoms with Gasteiger partial charge in [-0.05, 0) is 63.1 Å². The number of halogens is 2. The molecule has 8 nitrogen and oxygen atoms in total. The summed E-state index contributed by atoms with van der Waals surface area (Å²) in [5, 5.41) is 6.66. The molecule has 1 aliphatic carbocycles. The van der Waals surface area contributed by atoms with E-state index in [4.69, 9.17) is 32.0 Å². The SMILES string of the molecule is NC[C@H]1CC[C@@H](n2c(Nc3cccc(Cl)c3F)nc3cnc(NC4CCOCC4)nc32)CC1. The first-order chi connectivity index (χ1) is 16.1. The third-order valence-corrected chi connectivity index (χ3v) is 6.99. The van der Waals surface area contributed by atoms with Crippen molar-refractivity contribution in [1.29, 1.82) is 0 Å². The summed E-state index contributed by atoms with van der Waals surface area (Å²) in [6, 6.07) is 5.36. The van der Waals surface area contributed by atoms with Gasteiger partial charge in [-0.25, -0.2) is 14.4 Å². The van der Waals surface area contributed by atoms with Gasteiger partial charge in [0.2, 0.25) is 11.9 Å². The van der Waals surface area contributed by atoms with Crippen molar-refractivity contribution in [3.8, 4) is 0 Å². The highest BCUT2D eigenvalue weighted by atomic mass is 35.5. The molecule has 1 saturated heterocycles. The second kappa shape index (κ2) is 9.79. The third kappa shape index (κ3) is 4.76. The van der Waals surface area contributed by atoms with Crippen LogP contribution in [0.1, 0.15) is 44.6 Å². The lowest BCUT2D eigenvalue weighted by Crippen LogP contribution is -2.28. The van der Waals surface area contributed by atoms with Gasteiger partial charge in [0.25, 0.3) is 0 Å². The molecule has 2 fully saturated rings. The summed E-state index contributed by atoms with van der Waals surface area (Å²) < 4.78 is 22.2. The fraction of sp³-hybridized carbons (Fsp3) is 0.522. The average Bonchev–Trinajstić information content (AvgIpc) is 3.20. The molecule has 33 heavy (non-hydrogen) atoms. The van der Waals surface area contributed by atoms with Crippen LogP contribution in [0.25, 0.3) is 11.2 Å². The summed E-state index contributed by atoms with van der Waals surface area (Å²) in [7, 11) is 0. The smallest absolute Gasteiger partial charge is 0.224 e. The van der Waals surface area contributed by atoms with Crippen LogP contribution in [0.5, 0.6) is 0 Å². The quantitative estimate of drug-likeness (QED) is 0.479. The maximum absolute atomic E-state index is 14.6. The Kier molecular flexibility index (Phi) is 6.62. The Morgan fingerprint density at radius 3 is 2.67 bits per heavy atom. The van der Waals surface area contributed by atoms with E-state index < -0.39 is 5.82 Å². The monoisotopic (exact) mass is 473 g/mol. The Morgan fingerprint density at radius 1 is 1.12 bits per heavy atom. The van der Waals surface area contributed by atoms with Crippen LogP contribution in [0.2, 0.25) is 5.02 Å². The molecule has 0 radical (unpaired) electrons. The van der Waals surface area contributed by atoms with Gasteiger partial charge in [0.1, 0.15) is 5.52 Å². The van der Waals surface area contributed by atoms with E-state index in [2.05, 4.69) is 20.2 Å². The highest BCUT2D eigenvalue weighted by Gasteiger charge is 2.27. The maximum atomic E-state index is 14.6. The minimum absolute atomic E-state index is 0.0638. The van der Waals surface area contributed by atoms with Crippen LogP contribution in [-0.4, -0.2) is 45.3 Å². The molecule has 1 aromatic carbocycles. The molecule has 3 heterocycles. The Bertz CT molecular complexity index is 1110. The zero-order valence-corrected chi connectivity index (χ0v) is 19.2. The molecular formula is C23H29ClFN7O. The van der Waals surface area contributed by atoms with Crippen molar-refractivity contribution in [1.82, 2.24) is 19.5 Å². The number of ether oxygens (including phenoxy) is 1. The normalized spacial score (nSPS) is 21.9. The predicted octanol–water partition coefficient (Wildman–Crippen LogP) is 4.64. The molecule has 1 saturated carbocycles. The molecule has 2 aromatic heterocycles. The first-order valence-electron chi connectivity index (χ1n) is 11.6. The van der Waals surface area contributed by atoms with E-state index in [1.807, 2.05) is 0 Å². The van der Waals surface area contributed by atoms with Crippen LogP contribution in [0.3, 0.4) is 0 Å². The molecule has 0 atom stereocenters. The van der Waals surface area contributed by atoms with Gasteiger partial charge in [-0.15, -0.1) is 0 Å². The number of hydrogen-bond acceptors (Lipinski definition) is 7. The summed E-state index contributed by atoms with van der Waals surface area (Å²) >= 11 is 6.00. The summed E-state index contributed by atoms with van der Waals surface area (Å²) in [4.78, 5) is 14.1. The van der Waals surface area contributed by atoms with Gasteiger partial charge >= 0.3 is 0 Å². The van der Waals surface area contributed by atoms with E-state index in [9.17, 15) is 4.39 Å². The number of hydrogen-bond donors (Lipinski definition) is 3. The number of aromatic nitrogens is 4. The Morgan fingerprint density at radius 2 is 1.91 bits per heavy atom. The Labute approximate surface area is 197 Å². The number of nitrogens with two attached hydrogens (primary N) is 1. The fourth-order valence-corrected chi connectivity index (χ4v) is 4.95. The van der Waals surface area contributed by atoms with Gasteiger partial charge in [-0.2, -0.15) is 4.98 Å². The van der Waals surface area contributed by atoms with E-state index in [1.54, 1.807) is 18.3 Å². The number of imidazole rings is 1. The number of fused-ring (bicyclic) bond motifs is 1. The second-order valence-corrected chi connectivity index (χ2v) is 9.28. The van der Waals surface area contributed by atoms with Crippen LogP contribution in [0.4, 0.5) is 22.0 Å². The number of rotatable bonds is 6. The third-order valence-electron chi connectivity index (χ3n) is 6.70. The fourth-order valence-electron chi connectivity index (χ4n) is 4.78. The molecule has 0 spiro atoms. The van der Waals surface area contributed by atoms with Crippen molar-refractivity contribution in [2.75, 3.05) is 30.4 Å². The van der Waals surface area contributed by atoms with Crippen molar-refractivity contribution in [3.63, 3.8) is 0 Å². The number of nitrogens with one attached hydrogen (secondary N) is 2. The largest absolute Gasteiger partial charge is 0.381 e. The average molecular weight is 474 g/mol. The topological polar surface area (TPSA) is 103 Å².